The van der Waals surface area contributed by atoms with Crippen LogP contribution in [0.3, 0.4) is 0 Å². The maximum absolute atomic E-state index is 5.97. The van der Waals surface area contributed by atoms with Gasteiger partial charge in [-0.15, -0.1) is 0 Å². The van der Waals surface area contributed by atoms with E-state index >= 15 is 0 Å². The molecular formula is C13H23BN2O4. The van der Waals surface area contributed by atoms with Crippen LogP contribution in [0.5, 0.6) is 0 Å². The third kappa shape index (κ3) is 3.23. The minimum Gasteiger partial charge on any atom is -0.399 e. The van der Waals surface area contributed by atoms with Gasteiger partial charge in [0, 0.05) is 25.0 Å². The quantitative estimate of drug-likeness (QED) is 0.570. The first-order valence-corrected chi connectivity index (χ1v) is 6.80. The fourth-order valence-electron chi connectivity index (χ4n) is 1.85. The lowest BCUT2D eigenvalue weighted by molar-refractivity contribution is 0.00578. The van der Waals surface area contributed by atoms with Crippen molar-refractivity contribution in [2.75, 3.05) is 20.3 Å². The summed E-state index contributed by atoms with van der Waals surface area (Å²) in [4.78, 5) is 0. The third-order valence-electron chi connectivity index (χ3n) is 3.83. The topological polar surface area (TPSA) is 54.7 Å². The van der Waals surface area contributed by atoms with Gasteiger partial charge in [0.2, 0.25) is 0 Å². The molecule has 1 aromatic heterocycles. The lowest BCUT2D eigenvalue weighted by Gasteiger charge is -2.32. The zero-order chi connectivity index (χ0) is 14.8. The van der Waals surface area contributed by atoms with Crippen LogP contribution in [-0.2, 0) is 25.5 Å². The summed E-state index contributed by atoms with van der Waals surface area (Å²) in [6.45, 7) is 9.64. The van der Waals surface area contributed by atoms with Crippen LogP contribution >= 0.6 is 0 Å². The van der Waals surface area contributed by atoms with E-state index in [4.69, 9.17) is 18.8 Å². The van der Waals surface area contributed by atoms with Crippen molar-refractivity contribution >= 4 is 12.6 Å². The number of methoxy groups -OCH3 is 1. The fourth-order valence-corrected chi connectivity index (χ4v) is 1.85. The number of nitrogens with zero attached hydrogens (tertiary/aromatic N) is 2. The molecule has 1 aliphatic rings. The summed E-state index contributed by atoms with van der Waals surface area (Å²) in [6.07, 6.45) is 3.64. The van der Waals surface area contributed by atoms with E-state index in [-0.39, 0.29) is 18.3 Å². The molecule has 112 valence electrons. The van der Waals surface area contributed by atoms with Crippen molar-refractivity contribution in [1.29, 1.82) is 0 Å². The minimum atomic E-state index is -0.382. The highest BCUT2D eigenvalue weighted by molar-refractivity contribution is 6.61. The summed E-state index contributed by atoms with van der Waals surface area (Å²) in [5.74, 6) is 0. The zero-order valence-corrected chi connectivity index (χ0v) is 12.9. The molecule has 0 spiro atoms. The van der Waals surface area contributed by atoms with Crippen LogP contribution in [0.25, 0.3) is 0 Å². The molecule has 0 aliphatic carbocycles. The molecule has 7 heteroatoms. The highest BCUT2D eigenvalue weighted by Gasteiger charge is 2.52. The van der Waals surface area contributed by atoms with E-state index in [9.17, 15) is 0 Å². The second kappa shape index (κ2) is 5.85. The number of rotatable bonds is 6. The Morgan fingerprint density at radius 3 is 2.45 bits per heavy atom. The molecule has 1 saturated heterocycles. The van der Waals surface area contributed by atoms with Crippen molar-refractivity contribution < 1.29 is 18.8 Å². The lowest BCUT2D eigenvalue weighted by atomic mass is 9.82. The van der Waals surface area contributed by atoms with E-state index in [1.54, 1.807) is 18.0 Å². The Balaban J connectivity index is 1.93. The average molecular weight is 282 g/mol. The highest BCUT2D eigenvalue weighted by atomic mass is 16.7. The fraction of sp³-hybridized carbons (Fsp3) is 0.769. The van der Waals surface area contributed by atoms with Gasteiger partial charge in [0.1, 0.15) is 6.73 Å². The summed E-state index contributed by atoms with van der Waals surface area (Å²) >= 11 is 0. The molecule has 0 unspecified atom stereocenters. The molecule has 0 amide bonds. The maximum Gasteiger partial charge on any atom is 0.498 e. The molecule has 0 atom stereocenters. The molecule has 0 bridgehead atoms. The molecular weight excluding hydrogens is 259 g/mol. The maximum atomic E-state index is 5.97. The molecule has 2 heterocycles. The van der Waals surface area contributed by atoms with Crippen molar-refractivity contribution in [3.05, 3.63) is 12.4 Å². The Labute approximate surface area is 120 Å². The van der Waals surface area contributed by atoms with Crippen LogP contribution in [0, 0.1) is 0 Å². The van der Waals surface area contributed by atoms with Gasteiger partial charge < -0.3 is 18.8 Å². The molecule has 0 aromatic carbocycles. The van der Waals surface area contributed by atoms with E-state index < -0.39 is 0 Å². The second-order valence-corrected chi connectivity index (χ2v) is 5.93. The first-order chi connectivity index (χ1) is 9.36. The van der Waals surface area contributed by atoms with Gasteiger partial charge in [0.25, 0.3) is 0 Å². The zero-order valence-electron chi connectivity index (χ0n) is 12.9. The van der Waals surface area contributed by atoms with Crippen LogP contribution in [0.2, 0.25) is 0 Å². The van der Waals surface area contributed by atoms with Gasteiger partial charge in [-0.05, 0) is 27.7 Å². The van der Waals surface area contributed by atoms with Gasteiger partial charge in [-0.2, -0.15) is 5.10 Å². The average Bonchev–Trinajstić information content (AvgIpc) is 2.89. The molecule has 0 N–H and O–H groups in total. The molecule has 6 nitrogen and oxygen atoms in total. The Morgan fingerprint density at radius 1 is 1.20 bits per heavy atom. The van der Waals surface area contributed by atoms with Crippen LogP contribution in [-0.4, -0.2) is 48.4 Å². The van der Waals surface area contributed by atoms with E-state index in [1.807, 2.05) is 33.9 Å². The first kappa shape index (κ1) is 15.5. The third-order valence-corrected chi connectivity index (χ3v) is 3.83. The number of hydrogen-bond acceptors (Lipinski definition) is 5. The Morgan fingerprint density at radius 2 is 1.85 bits per heavy atom. The molecule has 1 aliphatic heterocycles. The van der Waals surface area contributed by atoms with Crippen LogP contribution in [0.15, 0.2) is 12.4 Å². The Bertz CT molecular complexity index is 431. The number of aromatic nitrogens is 2. The van der Waals surface area contributed by atoms with Gasteiger partial charge in [-0.3, -0.25) is 0 Å². The van der Waals surface area contributed by atoms with Crippen LogP contribution in [0.1, 0.15) is 27.7 Å². The number of hydrogen-bond donors (Lipinski definition) is 0. The van der Waals surface area contributed by atoms with Crippen molar-refractivity contribution in [3.63, 3.8) is 0 Å². The lowest BCUT2D eigenvalue weighted by Crippen LogP contribution is -2.41. The monoisotopic (exact) mass is 282 g/mol. The van der Waals surface area contributed by atoms with Crippen LogP contribution < -0.4 is 5.46 Å². The van der Waals surface area contributed by atoms with Crippen LogP contribution in [0.4, 0.5) is 0 Å². The second-order valence-electron chi connectivity index (χ2n) is 5.93. The van der Waals surface area contributed by atoms with Crippen molar-refractivity contribution in [2.24, 2.45) is 0 Å². The summed E-state index contributed by atoms with van der Waals surface area (Å²) in [6, 6.07) is 0. The summed E-state index contributed by atoms with van der Waals surface area (Å²) < 4.78 is 24.0. The summed E-state index contributed by atoms with van der Waals surface area (Å²) in [5, 5.41) is 4.24. The van der Waals surface area contributed by atoms with Gasteiger partial charge in [-0.25, -0.2) is 4.68 Å². The normalized spacial score (nSPS) is 20.6. The van der Waals surface area contributed by atoms with E-state index in [0.717, 1.165) is 5.46 Å². The molecule has 2 rings (SSSR count). The Kier molecular flexibility index (Phi) is 4.54. The SMILES string of the molecule is COCCOCn1cc(B2OC(C)(C)C(C)(C)O2)cn1. The summed E-state index contributed by atoms with van der Waals surface area (Å²) in [7, 11) is 1.26. The summed E-state index contributed by atoms with van der Waals surface area (Å²) in [5.41, 5.74) is 0.225. The van der Waals surface area contributed by atoms with Crippen molar-refractivity contribution in [2.45, 2.75) is 45.6 Å². The van der Waals surface area contributed by atoms with E-state index in [1.165, 1.54) is 0 Å². The standard InChI is InChI=1S/C13H23BN2O4/c1-12(2)13(3,4)20-14(19-12)11-8-15-16(9-11)10-18-7-6-17-5/h8-9H,6-7,10H2,1-5H3. The molecule has 0 saturated carbocycles. The first-order valence-electron chi connectivity index (χ1n) is 6.80. The Hall–Kier alpha value is -0.885. The van der Waals surface area contributed by atoms with Crippen molar-refractivity contribution in [1.82, 2.24) is 9.78 Å². The van der Waals surface area contributed by atoms with Crippen molar-refractivity contribution in [3.8, 4) is 0 Å². The predicted molar refractivity (Wildman–Crippen MR) is 75.8 cm³/mol. The molecule has 1 fully saturated rings. The predicted octanol–water partition coefficient (Wildman–Crippen LogP) is 0.803. The smallest absolute Gasteiger partial charge is 0.399 e. The largest absolute Gasteiger partial charge is 0.498 e. The highest BCUT2D eigenvalue weighted by Crippen LogP contribution is 2.36. The molecule has 20 heavy (non-hydrogen) atoms. The van der Waals surface area contributed by atoms with Gasteiger partial charge in [0.05, 0.1) is 24.4 Å². The van der Waals surface area contributed by atoms with E-state index in [0.29, 0.717) is 19.9 Å². The number of ether oxygens (including phenoxy) is 2. The van der Waals surface area contributed by atoms with Gasteiger partial charge in [-0.1, -0.05) is 0 Å². The minimum absolute atomic E-state index is 0.339. The van der Waals surface area contributed by atoms with E-state index in [2.05, 4.69) is 5.10 Å². The van der Waals surface area contributed by atoms with Gasteiger partial charge in [0.15, 0.2) is 0 Å². The molecule has 0 radical (unpaired) electrons. The molecule has 1 aromatic rings. The van der Waals surface area contributed by atoms with Gasteiger partial charge >= 0.3 is 7.12 Å².